The molecule has 0 bridgehead atoms. The average molecular weight is 212 g/mol. The van der Waals surface area contributed by atoms with Crippen LogP contribution in [0.5, 0.6) is 5.75 Å². The molecule has 0 saturated heterocycles. The van der Waals surface area contributed by atoms with E-state index in [-0.39, 0.29) is 4.88 Å². The molecule has 0 unspecified atom stereocenters. The lowest BCUT2D eigenvalue weighted by Gasteiger charge is -1.93. The number of benzene rings is 1. The van der Waals surface area contributed by atoms with Crippen LogP contribution in [0.1, 0.15) is 9.67 Å². The standard InChI is InChI=1S/C9H5FO3S/c10-5-1-4-2-8(9(12)13)14-7(4)3-6(5)11/h1-3,11H,(H,12,13). The maximum absolute atomic E-state index is 12.9. The van der Waals surface area contributed by atoms with E-state index in [1.165, 1.54) is 12.1 Å². The molecular formula is C9H5FO3S. The zero-order valence-electron chi connectivity index (χ0n) is 6.82. The molecule has 0 saturated carbocycles. The van der Waals surface area contributed by atoms with Gasteiger partial charge in [-0.15, -0.1) is 11.3 Å². The van der Waals surface area contributed by atoms with Crippen molar-refractivity contribution in [3.8, 4) is 5.75 Å². The van der Waals surface area contributed by atoms with Crippen LogP contribution in [0.3, 0.4) is 0 Å². The molecule has 5 heteroatoms. The Kier molecular flexibility index (Phi) is 1.89. The summed E-state index contributed by atoms with van der Waals surface area (Å²) < 4.78 is 13.4. The highest BCUT2D eigenvalue weighted by Crippen LogP contribution is 2.30. The second kappa shape index (κ2) is 2.95. The first kappa shape index (κ1) is 8.96. The third-order valence-corrected chi connectivity index (χ3v) is 2.88. The van der Waals surface area contributed by atoms with E-state index >= 15 is 0 Å². The van der Waals surface area contributed by atoms with Crippen molar-refractivity contribution in [3.63, 3.8) is 0 Å². The van der Waals surface area contributed by atoms with Gasteiger partial charge in [0.05, 0.1) is 0 Å². The smallest absolute Gasteiger partial charge is 0.345 e. The van der Waals surface area contributed by atoms with Gasteiger partial charge in [0, 0.05) is 10.8 Å². The fourth-order valence-corrected chi connectivity index (χ4v) is 2.07. The molecule has 2 N–H and O–H groups in total. The Balaban J connectivity index is 2.72. The minimum absolute atomic E-state index is 0.130. The second-order valence-corrected chi connectivity index (χ2v) is 3.84. The summed E-state index contributed by atoms with van der Waals surface area (Å²) in [6.07, 6.45) is 0. The summed E-state index contributed by atoms with van der Waals surface area (Å²) in [5.74, 6) is -2.25. The number of hydrogen-bond acceptors (Lipinski definition) is 3. The predicted octanol–water partition coefficient (Wildman–Crippen LogP) is 2.44. The largest absolute Gasteiger partial charge is 0.505 e. The molecule has 0 radical (unpaired) electrons. The molecular weight excluding hydrogens is 207 g/mol. The number of phenols is 1. The van der Waals surface area contributed by atoms with Crippen LogP contribution in [-0.4, -0.2) is 16.2 Å². The van der Waals surface area contributed by atoms with Crippen molar-refractivity contribution in [1.82, 2.24) is 0 Å². The molecule has 0 spiro atoms. The van der Waals surface area contributed by atoms with Crippen molar-refractivity contribution >= 4 is 27.4 Å². The van der Waals surface area contributed by atoms with E-state index in [0.29, 0.717) is 10.1 Å². The van der Waals surface area contributed by atoms with Crippen LogP contribution < -0.4 is 0 Å². The number of aromatic carboxylic acids is 1. The van der Waals surface area contributed by atoms with E-state index < -0.39 is 17.5 Å². The first-order valence-corrected chi connectivity index (χ1v) is 4.55. The number of phenolic OH excluding ortho intramolecular Hbond substituents is 1. The maximum atomic E-state index is 12.9. The van der Waals surface area contributed by atoms with E-state index in [2.05, 4.69) is 0 Å². The van der Waals surface area contributed by atoms with Crippen LogP contribution >= 0.6 is 11.3 Å². The SMILES string of the molecule is O=C(O)c1cc2cc(F)c(O)cc2s1. The third kappa shape index (κ3) is 1.31. The first-order valence-electron chi connectivity index (χ1n) is 3.73. The van der Waals surface area contributed by atoms with Crippen molar-refractivity contribution in [2.45, 2.75) is 0 Å². The van der Waals surface area contributed by atoms with Gasteiger partial charge in [0.1, 0.15) is 4.88 Å². The average Bonchev–Trinajstić information content (AvgIpc) is 2.48. The highest BCUT2D eigenvalue weighted by atomic mass is 32.1. The van der Waals surface area contributed by atoms with Gasteiger partial charge in [0.2, 0.25) is 0 Å². The molecule has 3 nitrogen and oxygen atoms in total. The van der Waals surface area contributed by atoms with Crippen LogP contribution in [-0.2, 0) is 0 Å². The number of carboxylic acid groups (broad SMARTS) is 1. The van der Waals surface area contributed by atoms with Gasteiger partial charge in [-0.25, -0.2) is 9.18 Å². The van der Waals surface area contributed by atoms with Gasteiger partial charge in [-0.05, 0) is 17.5 Å². The molecule has 2 rings (SSSR count). The molecule has 2 aromatic rings. The normalized spacial score (nSPS) is 10.6. The number of carbonyl (C=O) groups is 1. The Labute approximate surface area is 82.0 Å². The monoisotopic (exact) mass is 212 g/mol. The number of carboxylic acids is 1. The lowest BCUT2D eigenvalue weighted by atomic mass is 10.2. The van der Waals surface area contributed by atoms with Crippen molar-refractivity contribution in [2.75, 3.05) is 0 Å². The maximum Gasteiger partial charge on any atom is 0.345 e. The van der Waals surface area contributed by atoms with E-state index in [1.807, 2.05) is 0 Å². The molecule has 72 valence electrons. The summed E-state index contributed by atoms with van der Waals surface area (Å²) in [5, 5.41) is 18.2. The zero-order valence-corrected chi connectivity index (χ0v) is 7.64. The van der Waals surface area contributed by atoms with E-state index in [9.17, 15) is 9.18 Å². The first-order chi connectivity index (χ1) is 6.58. The van der Waals surface area contributed by atoms with Gasteiger partial charge in [-0.2, -0.15) is 0 Å². The third-order valence-electron chi connectivity index (χ3n) is 1.80. The number of halogens is 1. The summed E-state index contributed by atoms with van der Waals surface area (Å²) in [6, 6.07) is 3.72. The molecule has 0 aliphatic rings. The Morgan fingerprint density at radius 1 is 1.36 bits per heavy atom. The van der Waals surface area contributed by atoms with Gasteiger partial charge < -0.3 is 10.2 Å². The minimum atomic E-state index is -1.05. The van der Waals surface area contributed by atoms with Crippen molar-refractivity contribution in [2.24, 2.45) is 0 Å². The number of aromatic hydroxyl groups is 1. The Hall–Kier alpha value is -1.62. The Morgan fingerprint density at radius 2 is 2.07 bits per heavy atom. The number of hydrogen-bond donors (Lipinski definition) is 2. The van der Waals surface area contributed by atoms with Gasteiger partial charge in [0.25, 0.3) is 0 Å². The molecule has 1 aromatic carbocycles. The Bertz CT molecular complexity index is 479. The van der Waals surface area contributed by atoms with Gasteiger partial charge in [-0.3, -0.25) is 0 Å². The summed E-state index contributed by atoms with van der Waals surface area (Å²) in [4.78, 5) is 10.7. The van der Waals surface area contributed by atoms with Crippen LogP contribution in [0.2, 0.25) is 0 Å². The van der Waals surface area contributed by atoms with E-state index in [4.69, 9.17) is 10.2 Å². The van der Waals surface area contributed by atoms with Crippen LogP contribution in [0.15, 0.2) is 18.2 Å². The summed E-state index contributed by atoms with van der Waals surface area (Å²) in [7, 11) is 0. The molecule has 0 atom stereocenters. The number of fused-ring (bicyclic) bond motifs is 1. The molecule has 0 aliphatic heterocycles. The van der Waals surface area contributed by atoms with Crippen LogP contribution in [0.25, 0.3) is 10.1 Å². The second-order valence-electron chi connectivity index (χ2n) is 2.76. The quantitative estimate of drug-likeness (QED) is 0.763. The highest BCUT2D eigenvalue weighted by Gasteiger charge is 2.10. The van der Waals surface area contributed by atoms with Gasteiger partial charge in [0.15, 0.2) is 11.6 Å². The molecule has 0 amide bonds. The Morgan fingerprint density at radius 3 is 2.71 bits per heavy atom. The molecule has 14 heavy (non-hydrogen) atoms. The number of thiophene rings is 1. The van der Waals surface area contributed by atoms with Crippen molar-refractivity contribution in [1.29, 1.82) is 0 Å². The molecule has 1 heterocycles. The minimum Gasteiger partial charge on any atom is -0.505 e. The van der Waals surface area contributed by atoms with Gasteiger partial charge in [-0.1, -0.05) is 0 Å². The fraction of sp³-hybridized carbons (Fsp3) is 0. The van der Waals surface area contributed by atoms with Crippen LogP contribution in [0, 0.1) is 5.82 Å². The van der Waals surface area contributed by atoms with E-state index in [0.717, 1.165) is 17.4 Å². The summed E-state index contributed by atoms with van der Waals surface area (Å²) >= 11 is 1.00. The summed E-state index contributed by atoms with van der Waals surface area (Å²) in [5.41, 5.74) is 0. The molecule has 0 fully saturated rings. The summed E-state index contributed by atoms with van der Waals surface area (Å²) in [6.45, 7) is 0. The zero-order chi connectivity index (χ0) is 10.3. The van der Waals surface area contributed by atoms with Gasteiger partial charge >= 0.3 is 5.97 Å². The fourth-order valence-electron chi connectivity index (χ4n) is 1.15. The number of rotatable bonds is 1. The molecule has 1 aromatic heterocycles. The van der Waals surface area contributed by atoms with Crippen molar-refractivity contribution < 1.29 is 19.4 Å². The lowest BCUT2D eigenvalue weighted by Crippen LogP contribution is -1.89. The highest BCUT2D eigenvalue weighted by molar-refractivity contribution is 7.20. The van der Waals surface area contributed by atoms with Crippen LogP contribution in [0.4, 0.5) is 4.39 Å². The van der Waals surface area contributed by atoms with E-state index in [1.54, 1.807) is 0 Å². The van der Waals surface area contributed by atoms with Crippen molar-refractivity contribution in [3.05, 3.63) is 28.9 Å². The lowest BCUT2D eigenvalue weighted by molar-refractivity contribution is 0.0702. The predicted molar refractivity (Wildman–Crippen MR) is 50.4 cm³/mol. The molecule has 0 aliphatic carbocycles. The topological polar surface area (TPSA) is 57.5 Å².